The van der Waals surface area contributed by atoms with Gasteiger partial charge < -0.3 is 16.0 Å². The first-order chi connectivity index (χ1) is 37.8. The Kier molecular flexibility index (Phi) is 50.1. The highest BCUT2D eigenvalue weighted by Gasteiger charge is 2.31. The lowest BCUT2D eigenvalue weighted by atomic mass is 9.68. The van der Waals surface area contributed by atoms with Crippen LogP contribution in [0.3, 0.4) is 0 Å². The molecule has 0 radical (unpaired) electrons. The van der Waals surface area contributed by atoms with Crippen LogP contribution < -0.4 is 16.0 Å². The zero-order valence-corrected chi connectivity index (χ0v) is 52.9. The number of unbranched alkanes of at least 4 members (excludes halogenated alkanes) is 29. The predicted octanol–water partition coefficient (Wildman–Crippen LogP) is 15.0. The van der Waals surface area contributed by atoms with E-state index in [4.69, 9.17) is 13.7 Å². The Balaban J connectivity index is 6.88. The molecule has 3 amide bonds. The molecule has 0 saturated heterocycles. The van der Waals surface area contributed by atoms with Crippen molar-refractivity contribution in [3.05, 3.63) is 11.6 Å². The van der Waals surface area contributed by atoms with E-state index in [1.165, 1.54) is 154 Å². The first kappa shape index (κ1) is 76.9. The Bertz CT molecular complexity index is 1860. The second kappa shape index (κ2) is 51.5. The summed E-state index contributed by atoms with van der Waals surface area (Å²) in [6.07, 6.45) is 49.2. The second-order valence-electron chi connectivity index (χ2n) is 23.0. The Morgan fingerprint density at radius 2 is 0.671 bits per heavy atom. The van der Waals surface area contributed by atoms with Gasteiger partial charge in [0, 0.05) is 38.9 Å². The maximum Gasteiger partial charge on any atom is 0.266 e. The van der Waals surface area contributed by atoms with E-state index >= 15 is 0 Å². The van der Waals surface area contributed by atoms with Gasteiger partial charge in [-0.25, -0.2) is 0 Å². The molecular weight excluding hydrogens is 1060 g/mol. The number of hydrogen-bond acceptors (Lipinski definition) is 9. The van der Waals surface area contributed by atoms with Gasteiger partial charge in [0.25, 0.3) is 30.4 Å². The Labute approximate surface area is 484 Å². The highest BCUT2D eigenvalue weighted by molar-refractivity contribution is 7.86. The third kappa shape index (κ3) is 53.6. The van der Waals surface area contributed by atoms with E-state index in [1.807, 2.05) is 0 Å². The quantitative estimate of drug-likeness (QED) is 0.0189. The van der Waals surface area contributed by atoms with Gasteiger partial charge in [-0.1, -0.05) is 231 Å². The lowest BCUT2D eigenvalue weighted by Crippen LogP contribution is -2.28. The number of rotatable bonds is 59. The number of hydrogen-bond donors (Lipinski definition) is 6. The molecule has 0 aliphatic rings. The zero-order valence-electron chi connectivity index (χ0n) is 50.4. The fraction of sp³-hybridized carbons (Fsp3) is 0.918. The van der Waals surface area contributed by atoms with E-state index in [2.05, 4.69) is 42.8 Å². The molecule has 79 heavy (non-hydrogen) atoms. The zero-order chi connectivity index (χ0) is 58.7. The van der Waals surface area contributed by atoms with Crippen LogP contribution in [0.5, 0.6) is 0 Å². The highest BCUT2D eigenvalue weighted by Crippen LogP contribution is 2.42. The van der Waals surface area contributed by atoms with Gasteiger partial charge in [-0.2, -0.15) is 25.3 Å². The summed E-state index contributed by atoms with van der Waals surface area (Å²) < 4.78 is 94.3. The average Bonchev–Trinajstić information content (AvgIpc) is 3.38. The summed E-state index contributed by atoms with van der Waals surface area (Å²) in [5.74, 6) is -0.478. The molecule has 0 saturated carbocycles. The molecule has 468 valence electrons. The summed E-state index contributed by atoms with van der Waals surface area (Å²) in [5, 5.41) is 8.06. The van der Waals surface area contributed by atoms with E-state index in [0.717, 1.165) is 96.3 Å². The van der Waals surface area contributed by atoms with Crippen LogP contribution in [0.1, 0.15) is 303 Å². The molecule has 0 rings (SSSR count). The van der Waals surface area contributed by atoms with Crippen molar-refractivity contribution >= 4 is 48.1 Å². The SMILES string of the molecule is CCCCCCCCCC/C=C(/CCCCCC(=O)NCCS(=O)(=O)O)C(CCCCCC(=O)NCCCS(=O)(=O)O)C(CCCCCCCCCC)C(CCCCCCCCC)CCCCCCCC(=O)NCCS(=O)(=O)O. The molecule has 18 heteroatoms. The molecule has 0 heterocycles. The fourth-order valence-corrected chi connectivity index (χ4v) is 12.4. The van der Waals surface area contributed by atoms with Gasteiger partial charge in [-0.3, -0.25) is 28.0 Å². The van der Waals surface area contributed by atoms with Crippen molar-refractivity contribution in [2.75, 3.05) is 36.9 Å². The maximum absolute atomic E-state index is 12.8. The third-order valence-corrected chi connectivity index (χ3v) is 17.9. The summed E-state index contributed by atoms with van der Waals surface area (Å²) in [7, 11) is -12.4. The fourth-order valence-electron chi connectivity index (χ4n) is 11.1. The lowest BCUT2D eigenvalue weighted by Gasteiger charge is -2.37. The Hall–Kier alpha value is -2.12. The molecule has 0 aromatic rings. The highest BCUT2D eigenvalue weighted by atomic mass is 32.2. The van der Waals surface area contributed by atoms with Gasteiger partial charge >= 0.3 is 0 Å². The van der Waals surface area contributed by atoms with Crippen LogP contribution in [-0.4, -0.2) is 93.5 Å². The summed E-state index contributed by atoms with van der Waals surface area (Å²) in [4.78, 5) is 37.9. The standard InChI is InChI=1S/C61H119N3O12S3/c1-4-7-10-13-16-18-20-24-31-41-56(43-33-28-37-48-61(67)64-51-54-79(74,75)76)58(45-35-29-38-47-59(65)62-49-39-52-77(68,69)70)57(44-34-26-21-17-14-11-8-5-2)55(40-30-23-19-15-12-9-6-3)42-32-25-22-27-36-46-60(66)63-50-53-78(71,72)73/h41,55,57-58H,4-40,42-54H2,1-3H3,(H,62,65)(H,63,66)(H,64,67)(H,68,69,70)(H,71,72,73)(H,74,75,76)/b56-41-. The van der Waals surface area contributed by atoms with Gasteiger partial charge in [0.2, 0.25) is 17.7 Å². The van der Waals surface area contributed by atoms with Crippen molar-refractivity contribution in [3.63, 3.8) is 0 Å². The largest absolute Gasteiger partial charge is 0.356 e. The first-order valence-corrected chi connectivity index (χ1v) is 37.0. The van der Waals surface area contributed by atoms with Crippen LogP contribution in [0.25, 0.3) is 0 Å². The lowest BCUT2D eigenvalue weighted by molar-refractivity contribution is -0.122. The van der Waals surface area contributed by atoms with Gasteiger partial charge in [0.1, 0.15) is 0 Å². The third-order valence-electron chi connectivity index (χ3n) is 15.7. The van der Waals surface area contributed by atoms with Crippen molar-refractivity contribution in [1.82, 2.24) is 16.0 Å². The van der Waals surface area contributed by atoms with E-state index in [-0.39, 0.29) is 49.5 Å². The minimum absolute atomic E-state index is 0.0983. The molecule has 15 nitrogen and oxygen atoms in total. The normalized spacial score (nSPS) is 13.6. The van der Waals surface area contributed by atoms with Crippen molar-refractivity contribution in [2.45, 2.75) is 303 Å². The van der Waals surface area contributed by atoms with Gasteiger partial charge in [0.05, 0.1) is 17.3 Å². The molecule has 0 spiro atoms. The number of carbonyl (C=O) groups excluding carboxylic acids is 3. The van der Waals surface area contributed by atoms with E-state index in [1.54, 1.807) is 5.57 Å². The molecular formula is C61H119N3O12S3. The van der Waals surface area contributed by atoms with Gasteiger partial charge in [0.15, 0.2) is 0 Å². The maximum atomic E-state index is 12.8. The van der Waals surface area contributed by atoms with Crippen molar-refractivity contribution in [1.29, 1.82) is 0 Å². The second-order valence-corrected chi connectivity index (χ2v) is 27.7. The van der Waals surface area contributed by atoms with E-state index in [0.29, 0.717) is 43.4 Å². The monoisotopic (exact) mass is 1180 g/mol. The Morgan fingerprint density at radius 1 is 0.354 bits per heavy atom. The van der Waals surface area contributed by atoms with Crippen molar-refractivity contribution in [2.24, 2.45) is 17.8 Å². The average molecular weight is 1180 g/mol. The van der Waals surface area contributed by atoms with Crippen molar-refractivity contribution in [3.8, 4) is 0 Å². The minimum Gasteiger partial charge on any atom is -0.356 e. The van der Waals surface area contributed by atoms with E-state index in [9.17, 15) is 39.6 Å². The smallest absolute Gasteiger partial charge is 0.266 e. The molecule has 3 atom stereocenters. The molecule has 0 aromatic heterocycles. The minimum atomic E-state index is -4.16. The molecule has 0 aliphatic heterocycles. The van der Waals surface area contributed by atoms with Crippen LogP contribution in [0, 0.1) is 17.8 Å². The van der Waals surface area contributed by atoms with Crippen LogP contribution in [0.15, 0.2) is 11.6 Å². The van der Waals surface area contributed by atoms with Crippen LogP contribution in [0.2, 0.25) is 0 Å². The number of allylic oxidation sites excluding steroid dienone is 2. The predicted molar refractivity (Wildman–Crippen MR) is 327 cm³/mol. The van der Waals surface area contributed by atoms with Gasteiger partial charge in [-0.15, -0.1) is 0 Å². The molecule has 0 aromatic carbocycles. The number of nitrogens with one attached hydrogen (secondary N) is 3. The van der Waals surface area contributed by atoms with Crippen LogP contribution in [-0.2, 0) is 44.7 Å². The summed E-state index contributed by atoms with van der Waals surface area (Å²) in [6.45, 7) is 6.76. The van der Waals surface area contributed by atoms with Gasteiger partial charge in [-0.05, 0) is 82.0 Å². The van der Waals surface area contributed by atoms with Crippen molar-refractivity contribution < 1.29 is 53.3 Å². The number of carbonyl (C=O) groups is 3. The molecule has 3 unspecified atom stereocenters. The summed E-state index contributed by atoms with van der Waals surface area (Å²) in [6, 6.07) is 0. The molecule has 0 fully saturated rings. The summed E-state index contributed by atoms with van der Waals surface area (Å²) in [5.41, 5.74) is 1.56. The van der Waals surface area contributed by atoms with Crippen LogP contribution >= 0.6 is 0 Å². The summed E-state index contributed by atoms with van der Waals surface area (Å²) >= 11 is 0. The Morgan fingerprint density at radius 3 is 1.09 bits per heavy atom. The molecule has 0 bridgehead atoms. The topological polar surface area (TPSA) is 250 Å². The van der Waals surface area contributed by atoms with Crippen LogP contribution in [0.4, 0.5) is 0 Å². The first-order valence-electron chi connectivity index (χ1n) is 32.2. The van der Waals surface area contributed by atoms with E-state index < -0.39 is 41.9 Å². The number of amides is 3. The molecule has 6 N–H and O–H groups in total. The molecule has 0 aliphatic carbocycles.